The van der Waals surface area contributed by atoms with Crippen molar-refractivity contribution < 1.29 is 4.79 Å². The van der Waals surface area contributed by atoms with Gasteiger partial charge in [-0.25, -0.2) is 0 Å². The number of amides is 1. The molecular formula is C9H16N4OS. The molecule has 3 N–H and O–H groups in total. The molecule has 15 heavy (non-hydrogen) atoms. The number of carbonyl (C=O) groups excluding carboxylic acids is 1. The third-order valence-electron chi connectivity index (χ3n) is 2.22. The van der Waals surface area contributed by atoms with Crippen molar-refractivity contribution >= 4 is 23.5 Å². The van der Waals surface area contributed by atoms with Crippen LogP contribution in [0.1, 0.15) is 17.4 Å². The summed E-state index contributed by atoms with van der Waals surface area (Å²) in [5.41, 5.74) is 5.87. The molecule has 0 fully saturated rings. The van der Waals surface area contributed by atoms with Crippen LogP contribution in [0.5, 0.6) is 0 Å². The molecule has 84 valence electrons. The van der Waals surface area contributed by atoms with Crippen molar-refractivity contribution in [2.45, 2.75) is 13.0 Å². The van der Waals surface area contributed by atoms with E-state index in [0.717, 1.165) is 5.75 Å². The van der Waals surface area contributed by atoms with Gasteiger partial charge >= 0.3 is 0 Å². The number of anilines is 1. The van der Waals surface area contributed by atoms with Gasteiger partial charge in [-0.15, -0.1) is 0 Å². The van der Waals surface area contributed by atoms with Crippen molar-refractivity contribution in [2.75, 3.05) is 24.8 Å². The van der Waals surface area contributed by atoms with Gasteiger partial charge in [-0.2, -0.15) is 16.9 Å². The molecule has 1 amide bonds. The Kier molecular flexibility index (Phi) is 4.02. The fraction of sp³-hybridized carbons (Fsp3) is 0.556. The van der Waals surface area contributed by atoms with Crippen molar-refractivity contribution in [3.05, 3.63) is 11.8 Å². The zero-order valence-electron chi connectivity index (χ0n) is 9.15. The van der Waals surface area contributed by atoms with E-state index in [1.54, 1.807) is 29.8 Å². The van der Waals surface area contributed by atoms with E-state index >= 15 is 0 Å². The highest BCUT2D eigenvalue weighted by Gasteiger charge is 2.18. The molecule has 6 heteroatoms. The summed E-state index contributed by atoms with van der Waals surface area (Å²) >= 11 is 1.71. The monoisotopic (exact) mass is 228 g/mol. The molecule has 5 nitrogen and oxygen atoms in total. The summed E-state index contributed by atoms with van der Waals surface area (Å²) in [5.74, 6) is 1.16. The minimum atomic E-state index is -0.0826. The molecular weight excluding hydrogens is 212 g/mol. The number of nitrogens with two attached hydrogens (primary N) is 1. The first-order valence-corrected chi connectivity index (χ1v) is 6.02. The van der Waals surface area contributed by atoms with E-state index in [1.807, 2.05) is 13.2 Å². The van der Waals surface area contributed by atoms with E-state index in [2.05, 4.69) is 10.2 Å². The van der Waals surface area contributed by atoms with Crippen molar-refractivity contribution in [3.8, 4) is 0 Å². The van der Waals surface area contributed by atoms with Gasteiger partial charge in [0.2, 0.25) is 0 Å². The average Bonchev–Trinajstić information content (AvgIpc) is 2.63. The molecule has 0 aliphatic heterocycles. The molecule has 0 saturated heterocycles. The van der Waals surface area contributed by atoms with Crippen LogP contribution in [0, 0.1) is 0 Å². The van der Waals surface area contributed by atoms with Crippen LogP contribution in [0.4, 0.5) is 5.82 Å². The fourth-order valence-corrected chi connectivity index (χ4v) is 1.90. The van der Waals surface area contributed by atoms with Crippen molar-refractivity contribution in [2.24, 2.45) is 0 Å². The zero-order valence-corrected chi connectivity index (χ0v) is 9.97. The number of aromatic amines is 1. The van der Waals surface area contributed by atoms with Crippen LogP contribution in [0.2, 0.25) is 0 Å². The largest absolute Gasteiger partial charge is 0.382 e. The maximum absolute atomic E-state index is 11.9. The number of H-pyrrole nitrogens is 1. The van der Waals surface area contributed by atoms with Gasteiger partial charge in [0, 0.05) is 24.9 Å². The normalized spacial score (nSPS) is 12.5. The Morgan fingerprint density at radius 3 is 2.93 bits per heavy atom. The molecule has 0 radical (unpaired) electrons. The number of rotatable bonds is 4. The van der Waals surface area contributed by atoms with Crippen LogP contribution >= 0.6 is 11.8 Å². The van der Waals surface area contributed by atoms with Gasteiger partial charge in [0.25, 0.3) is 5.91 Å². The maximum Gasteiger partial charge on any atom is 0.271 e. The summed E-state index contributed by atoms with van der Waals surface area (Å²) in [6.07, 6.45) is 2.02. The summed E-state index contributed by atoms with van der Waals surface area (Å²) in [6, 6.07) is 1.74. The number of nitrogen functional groups attached to an aromatic ring is 1. The molecule has 1 aromatic rings. The van der Waals surface area contributed by atoms with E-state index < -0.39 is 0 Å². The van der Waals surface area contributed by atoms with E-state index in [1.165, 1.54) is 0 Å². The van der Waals surface area contributed by atoms with E-state index in [9.17, 15) is 4.79 Å². The first-order chi connectivity index (χ1) is 7.06. The van der Waals surface area contributed by atoms with Crippen LogP contribution in [-0.2, 0) is 0 Å². The number of carbonyl (C=O) groups is 1. The molecule has 0 bridgehead atoms. The first-order valence-electron chi connectivity index (χ1n) is 4.63. The second-order valence-electron chi connectivity index (χ2n) is 3.43. The molecule has 1 aromatic heterocycles. The predicted molar refractivity (Wildman–Crippen MR) is 62.9 cm³/mol. The first kappa shape index (κ1) is 11.9. The van der Waals surface area contributed by atoms with Gasteiger partial charge in [-0.05, 0) is 13.2 Å². The second kappa shape index (κ2) is 5.06. The Morgan fingerprint density at radius 2 is 2.47 bits per heavy atom. The second-order valence-corrected chi connectivity index (χ2v) is 4.34. The van der Waals surface area contributed by atoms with E-state index in [4.69, 9.17) is 5.73 Å². The van der Waals surface area contributed by atoms with Crippen molar-refractivity contribution in [1.82, 2.24) is 15.1 Å². The summed E-state index contributed by atoms with van der Waals surface area (Å²) in [5, 5.41) is 6.34. The number of nitrogens with one attached hydrogen (secondary N) is 1. The average molecular weight is 228 g/mol. The lowest BCUT2D eigenvalue weighted by Gasteiger charge is -2.23. The third-order valence-corrected chi connectivity index (χ3v) is 3.03. The quantitative estimate of drug-likeness (QED) is 0.800. The van der Waals surface area contributed by atoms with E-state index in [0.29, 0.717) is 11.5 Å². The van der Waals surface area contributed by atoms with Gasteiger partial charge in [0.05, 0.1) is 0 Å². The minimum Gasteiger partial charge on any atom is -0.382 e. The highest BCUT2D eigenvalue weighted by Crippen LogP contribution is 2.09. The van der Waals surface area contributed by atoms with Crippen LogP contribution < -0.4 is 5.73 Å². The van der Waals surface area contributed by atoms with Gasteiger partial charge in [0.15, 0.2) is 0 Å². The van der Waals surface area contributed by atoms with Gasteiger partial charge in [-0.3, -0.25) is 9.89 Å². The predicted octanol–water partition coefficient (Wildman–Crippen LogP) is 0.815. The van der Waals surface area contributed by atoms with Crippen LogP contribution in [0.15, 0.2) is 6.07 Å². The molecule has 1 atom stereocenters. The standard InChI is InChI=1S/C9H16N4OS/c1-6(5-15-3)13(2)9(14)7-4-8(10)12-11-7/h4,6H,5H2,1-3H3,(H3,10,11,12). The van der Waals surface area contributed by atoms with Crippen molar-refractivity contribution in [3.63, 3.8) is 0 Å². The zero-order chi connectivity index (χ0) is 11.4. The summed E-state index contributed by atoms with van der Waals surface area (Å²) in [6.45, 7) is 2.01. The molecule has 0 aliphatic rings. The van der Waals surface area contributed by atoms with Crippen molar-refractivity contribution in [1.29, 1.82) is 0 Å². The van der Waals surface area contributed by atoms with Gasteiger partial charge in [0.1, 0.15) is 11.5 Å². The van der Waals surface area contributed by atoms with Crippen LogP contribution in [0.25, 0.3) is 0 Å². The molecule has 0 saturated carbocycles. The Labute approximate surface area is 93.4 Å². The molecule has 1 heterocycles. The minimum absolute atomic E-state index is 0.0826. The summed E-state index contributed by atoms with van der Waals surface area (Å²) in [7, 11) is 1.78. The molecule has 0 aromatic carbocycles. The lowest BCUT2D eigenvalue weighted by molar-refractivity contribution is 0.0751. The molecule has 0 aliphatic carbocycles. The third kappa shape index (κ3) is 2.89. The highest BCUT2D eigenvalue weighted by molar-refractivity contribution is 7.98. The number of nitrogens with zero attached hydrogens (tertiary/aromatic N) is 2. The topological polar surface area (TPSA) is 75.0 Å². The van der Waals surface area contributed by atoms with Gasteiger partial charge in [-0.1, -0.05) is 0 Å². The fourth-order valence-electron chi connectivity index (χ4n) is 1.19. The number of aromatic nitrogens is 2. The summed E-state index contributed by atoms with van der Waals surface area (Å²) in [4.78, 5) is 13.5. The van der Waals surface area contributed by atoms with E-state index in [-0.39, 0.29) is 11.9 Å². The molecule has 1 rings (SSSR count). The number of hydrogen-bond acceptors (Lipinski definition) is 4. The lowest BCUT2D eigenvalue weighted by atomic mass is 10.3. The van der Waals surface area contributed by atoms with Gasteiger partial charge < -0.3 is 10.6 Å². The molecule has 0 spiro atoms. The Balaban J connectivity index is 2.68. The van der Waals surface area contributed by atoms with Crippen LogP contribution in [0.3, 0.4) is 0 Å². The SMILES string of the molecule is CSCC(C)N(C)C(=O)c1cc(N)n[nH]1. The Morgan fingerprint density at radius 1 is 1.80 bits per heavy atom. The smallest absolute Gasteiger partial charge is 0.271 e. The Hall–Kier alpha value is -1.17. The highest BCUT2D eigenvalue weighted by atomic mass is 32.2. The van der Waals surface area contributed by atoms with Crippen LogP contribution in [-0.4, -0.2) is 46.1 Å². The Bertz CT molecular complexity index is 339. The maximum atomic E-state index is 11.9. The number of hydrogen-bond donors (Lipinski definition) is 2. The number of thioether (sulfide) groups is 1. The summed E-state index contributed by atoms with van der Waals surface area (Å²) < 4.78 is 0. The lowest BCUT2D eigenvalue weighted by Crippen LogP contribution is -2.36. The molecule has 1 unspecified atom stereocenters.